The minimum atomic E-state index is -0.598. The van der Waals surface area contributed by atoms with Crippen molar-refractivity contribution in [2.45, 2.75) is 6.54 Å². The third-order valence-electron chi connectivity index (χ3n) is 3.79. The SMILES string of the molecule is COc1ccc(NC(=O)Cn2ncc(-c3ccccc3)nc2=O)cc1OC. The van der Waals surface area contributed by atoms with E-state index in [2.05, 4.69) is 15.4 Å². The van der Waals surface area contributed by atoms with Crippen molar-refractivity contribution in [3.05, 3.63) is 65.2 Å². The lowest BCUT2D eigenvalue weighted by atomic mass is 10.2. The van der Waals surface area contributed by atoms with E-state index in [1.165, 1.54) is 20.4 Å². The molecular weight excluding hydrogens is 348 g/mol. The fourth-order valence-corrected chi connectivity index (χ4v) is 2.47. The molecule has 138 valence electrons. The minimum Gasteiger partial charge on any atom is -0.493 e. The smallest absolute Gasteiger partial charge is 0.365 e. The highest BCUT2D eigenvalue weighted by molar-refractivity contribution is 5.90. The van der Waals surface area contributed by atoms with Crippen LogP contribution in [0, 0.1) is 0 Å². The number of carbonyl (C=O) groups is 1. The normalized spacial score (nSPS) is 10.3. The van der Waals surface area contributed by atoms with Gasteiger partial charge in [0.15, 0.2) is 11.5 Å². The van der Waals surface area contributed by atoms with Crippen molar-refractivity contribution in [2.75, 3.05) is 19.5 Å². The van der Waals surface area contributed by atoms with Crippen LogP contribution in [-0.4, -0.2) is 34.9 Å². The standard InChI is InChI=1S/C19H18N4O4/c1-26-16-9-8-14(10-17(16)27-2)21-18(24)12-23-19(25)22-15(11-20-23)13-6-4-3-5-7-13/h3-11H,12H2,1-2H3,(H,21,24). The number of carbonyl (C=O) groups excluding carboxylic acids is 1. The molecule has 0 bridgehead atoms. The molecule has 1 N–H and O–H groups in total. The van der Waals surface area contributed by atoms with Gasteiger partial charge in [-0.05, 0) is 12.1 Å². The third-order valence-corrected chi connectivity index (χ3v) is 3.79. The molecule has 27 heavy (non-hydrogen) atoms. The van der Waals surface area contributed by atoms with Crippen LogP contribution in [0.1, 0.15) is 0 Å². The maximum atomic E-state index is 12.2. The summed E-state index contributed by atoms with van der Waals surface area (Å²) in [6.45, 7) is -0.255. The topological polar surface area (TPSA) is 95.3 Å². The van der Waals surface area contributed by atoms with Crippen molar-refractivity contribution in [1.82, 2.24) is 14.8 Å². The van der Waals surface area contributed by atoms with Gasteiger partial charge in [-0.1, -0.05) is 30.3 Å². The van der Waals surface area contributed by atoms with Crippen molar-refractivity contribution in [1.29, 1.82) is 0 Å². The summed E-state index contributed by atoms with van der Waals surface area (Å²) in [6, 6.07) is 14.2. The highest BCUT2D eigenvalue weighted by Gasteiger charge is 2.11. The van der Waals surface area contributed by atoms with Crippen molar-refractivity contribution in [3.63, 3.8) is 0 Å². The summed E-state index contributed by atoms with van der Waals surface area (Å²) >= 11 is 0. The Morgan fingerprint density at radius 3 is 2.48 bits per heavy atom. The second-order valence-corrected chi connectivity index (χ2v) is 5.57. The summed E-state index contributed by atoms with van der Waals surface area (Å²) in [6.07, 6.45) is 1.46. The molecule has 0 aliphatic heterocycles. The van der Waals surface area contributed by atoms with E-state index in [0.717, 1.165) is 10.2 Å². The number of nitrogens with one attached hydrogen (secondary N) is 1. The lowest BCUT2D eigenvalue weighted by Gasteiger charge is -2.11. The lowest BCUT2D eigenvalue weighted by Crippen LogP contribution is -2.31. The molecule has 1 heterocycles. The summed E-state index contributed by atoms with van der Waals surface area (Å²) < 4.78 is 11.4. The Morgan fingerprint density at radius 2 is 1.81 bits per heavy atom. The highest BCUT2D eigenvalue weighted by Crippen LogP contribution is 2.29. The van der Waals surface area contributed by atoms with Crippen LogP contribution in [0.25, 0.3) is 11.3 Å². The molecule has 0 fully saturated rings. The van der Waals surface area contributed by atoms with Crippen LogP contribution in [-0.2, 0) is 11.3 Å². The zero-order chi connectivity index (χ0) is 19.2. The first-order valence-corrected chi connectivity index (χ1v) is 8.12. The largest absolute Gasteiger partial charge is 0.493 e. The monoisotopic (exact) mass is 366 g/mol. The zero-order valence-corrected chi connectivity index (χ0v) is 14.9. The van der Waals surface area contributed by atoms with Crippen LogP contribution in [0.3, 0.4) is 0 Å². The fraction of sp³-hybridized carbons (Fsp3) is 0.158. The van der Waals surface area contributed by atoms with Gasteiger partial charge in [0.25, 0.3) is 0 Å². The molecule has 1 aromatic heterocycles. The van der Waals surface area contributed by atoms with Crippen LogP contribution in [0.5, 0.6) is 11.5 Å². The van der Waals surface area contributed by atoms with E-state index in [1.54, 1.807) is 18.2 Å². The molecule has 1 amide bonds. The number of methoxy groups -OCH3 is 2. The highest BCUT2D eigenvalue weighted by atomic mass is 16.5. The fourth-order valence-electron chi connectivity index (χ4n) is 2.47. The van der Waals surface area contributed by atoms with Gasteiger partial charge in [0, 0.05) is 17.3 Å². The van der Waals surface area contributed by atoms with Gasteiger partial charge in [0.05, 0.1) is 26.1 Å². The van der Waals surface area contributed by atoms with Gasteiger partial charge in [-0.3, -0.25) is 4.79 Å². The van der Waals surface area contributed by atoms with E-state index in [0.29, 0.717) is 22.9 Å². The number of ether oxygens (including phenoxy) is 2. The number of nitrogens with zero attached hydrogens (tertiary/aromatic N) is 3. The Bertz CT molecular complexity index is 1000. The Kier molecular flexibility index (Phi) is 5.46. The summed E-state index contributed by atoms with van der Waals surface area (Å²) in [5.74, 6) is 0.625. The first-order valence-electron chi connectivity index (χ1n) is 8.12. The van der Waals surface area contributed by atoms with Crippen LogP contribution in [0.15, 0.2) is 59.5 Å². The molecular formula is C19H18N4O4. The van der Waals surface area contributed by atoms with Crippen LogP contribution in [0.2, 0.25) is 0 Å². The van der Waals surface area contributed by atoms with Gasteiger partial charge < -0.3 is 14.8 Å². The van der Waals surface area contributed by atoms with E-state index in [9.17, 15) is 9.59 Å². The quantitative estimate of drug-likeness (QED) is 0.717. The van der Waals surface area contributed by atoms with Gasteiger partial charge in [-0.15, -0.1) is 0 Å². The first-order chi connectivity index (χ1) is 13.1. The summed E-state index contributed by atoms with van der Waals surface area (Å²) in [7, 11) is 3.03. The summed E-state index contributed by atoms with van der Waals surface area (Å²) in [4.78, 5) is 28.4. The number of amides is 1. The average molecular weight is 366 g/mol. The predicted octanol–water partition coefficient (Wildman–Crippen LogP) is 1.96. The molecule has 2 aromatic carbocycles. The summed E-state index contributed by atoms with van der Waals surface area (Å²) in [5, 5.41) is 6.72. The van der Waals surface area contributed by atoms with Gasteiger partial charge in [-0.2, -0.15) is 10.1 Å². The van der Waals surface area contributed by atoms with Gasteiger partial charge in [0.2, 0.25) is 5.91 Å². The maximum Gasteiger partial charge on any atom is 0.365 e. The molecule has 3 aromatic rings. The minimum absolute atomic E-state index is 0.255. The Morgan fingerprint density at radius 1 is 1.07 bits per heavy atom. The molecule has 8 heteroatoms. The number of rotatable bonds is 6. The van der Waals surface area contributed by atoms with Crippen molar-refractivity contribution < 1.29 is 14.3 Å². The van der Waals surface area contributed by atoms with Gasteiger partial charge >= 0.3 is 5.69 Å². The summed E-state index contributed by atoms with van der Waals surface area (Å²) in [5.41, 5.74) is 1.15. The molecule has 0 unspecified atom stereocenters. The molecule has 8 nitrogen and oxygen atoms in total. The number of anilines is 1. The molecule has 3 rings (SSSR count). The average Bonchev–Trinajstić information content (AvgIpc) is 2.70. The van der Waals surface area contributed by atoms with E-state index >= 15 is 0 Å². The molecule has 0 saturated heterocycles. The number of benzene rings is 2. The first kappa shape index (κ1) is 18.1. The Hall–Kier alpha value is -3.68. The predicted molar refractivity (Wildman–Crippen MR) is 99.9 cm³/mol. The van der Waals surface area contributed by atoms with Gasteiger partial charge in [-0.25, -0.2) is 9.48 Å². The van der Waals surface area contributed by atoms with Crippen molar-refractivity contribution in [3.8, 4) is 22.8 Å². The lowest BCUT2D eigenvalue weighted by molar-refractivity contribution is -0.117. The van der Waals surface area contributed by atoms with Gasteiger partial charge in [0.1, 0.15) is 6.54 Å². The second-order valence-electron chi connectivity index (χ2n) is 5.57. The molecule has 0 atom stereocenters. The number of hydrogen-bond acceptors (Lipinski definition) is 6. The molecule has 0 radical (unpaired) electrons. The van der Waals surface area contributed by atoms with E-state index in [-0.39, 0.29) is 6.54 Å². The molecule has 0 spiro atoms. The van der Waals surface area contributed by atoms with E-state index < -0.39 is 11.6 Å². The van der Waals surface area contributed by atoms with Crippen molar-refractivity contribution >= 4 is 11.6 Å². The molecule has 0 aliphatic rings. The number of aromatic nitrogens is 3. The van der Waals surface area contributed by atoms with Crippen molar-refractivity contribution in [2.24, 2.45) is 0 Å². The van der Waals surface area contributed by atoms with Crippen LogP contribution >= 0.6 is 0 Å². The Labute approximate surface area is 155 Å². The van der Waals surface area contributed by atoms with Crippen LogP contribution in [0.4, 0.5) is 5.69 Å². The zero-order valence-electron chi connectivity index (χ0n) is 14.9. The number of hydrogen-bond donors (Lipinski definition) is 1. The van der Waals surface area contributed by atoms with E-state index in [4.69, 9.17) is 9.47 Å². The third kappa shape index (κ3) is 4.30. The van der Waals surface area contributed by atoms with Crippen LogP contribution < -0.4 is 20.5 Å². The molecule has 0 aliphatic carbocycles. The Balaban J connectivity index is 1.72. The molecule has 0 saturated carbocycles. The second kappa shape index (κ2) is 8.13. The van der Waals surface area contributed by atoms with E-state index in [1.807, 2.05) is 30.3 Å². The maximum absolute atomic E-state index is 12.2.